The van der Waals surface area contributed by atoms with E-state index in [0.29, 0.717) is 5.75 Å². The summed E-state index contributed by atoms with van der Waals surface area (Å²) in [4.78, 5) is 11.5. The van der Waals surface area contributed by atoms with E-state index in [1.807, 2.05) is 18.2 Å². The van der Waals surface area contributed by atoms with Crippen molar-refractivity contribution in [2.24, 2.45) is 0 Å². The summed E-state index contributed by atoms with van der Waals surface area (Å²) in [7, 11) is 0.221. The molecule has 1 aromatic rings. The van der Waals surface area contributed by atoms with Crippen LogP contribution in [0, 0.1) is 0 Å². The van der Waals surface area contributed by atoms with Crippen molar-refractivity contribution in [1.29, 1.82) is 0 Å². The van der Waals surface area contributed by atoms with Gasteiger partial charge >= 0.3 is 5.97 Å². The van der Waals surface area contributed by atoms with Crippen LogP contribution in [0.4, 0.5) is 0 Å². The second kappa shape index (κ2) is 5.54. The first-order valence-electron chi connectivity index (χ1n) is 4.24. The Hall–Kier alpha value is -1.16. The van der Waals surface area contributed by atoms with Gasteiger partial charge in [0.1, 0.15) is 0 Å². The number of ether oxygens (including phenoxy) is 1. The van der Waals surface area contributed by atoms with Gasteiger partial charge < -0.3 is 4.74 Å². The number of carbonyl (C=O) groups is 1. The molecule has 14 heavy (non-hydrogen) atoms. The zero-order valence-corrected chi connectivity index (χ0v) is 8.75. The first kappa shape index (κ1) is 10.9. The molecule has 0 amide bonds. The van der Waals surface area contributed by atoms with Gasteiger partial charge in [0.2, 0.25) is 0 Å². The van der Waals surface area contributed by atoms with E-state index < -0.39 is 10.8 Å². The molecule has 0 aliphatic carbocycles. The van der Waals surface area contributed by atoms with Crippen LogP contribution < -0.4 is 0 Å². The Bertz CT molecular complexity index is 321. The molecule has 0 N–H and O–H groups in total. The van der Waals surface area contributed by atoms with E-state index in [0.717, 1.165) is 4.90 Å². The molecule has 4 heteroatoms. The molecule has 0 radical (unpaired) electrons. The molecule has 0 bridgehead atoms. The summed E-state index contributed by atoms with van der Waals surface area (Å²) in [6, 6.07) is 9.08. The van der Waals surface area contributed by atoms with Gasteiger partial charge in [-0.15, -0.1) is 0 Å². The highest BCUT2D eigenvalue weighted by atomic mass is 32.2. The predicted octanol–water partition coefficient (Wildman–Crippen LogP) is 1.36. The van der Waals surface area contributed by atoms with E-state index in [9.17, 15) is 9.00 Å². The van der Waals surface area contributed by atoms with Gasteiger partial charge in [-0.2, -0.15) is 0 Å². The number of hydrogen-bond donors (Lipinski definition) is 0. The zero-order chi connectivity index (χ0) is 10.4. The average molecular weight is 212 g/mol. The second-order valence-corrected chi connectivity index (χ2v) is 4.26. The van der Waals surface area contributed by atoms with Gasteiger partial charge in [0.25, 0.3) is 0 Å². The highest BCUT2D eigenvalue weighted by Gasteiger charge is 2.06. The molecule has 0 aromatic heterocycles. The van der Waals surface area contributed by atoms with Crippen molar-refractivity contribution in [3.63, 3.8) is 0 Å². The third-order valence-electron chi connectivity index (χ3n) is 1.73. The second-order valence-electron chi connectivity index (χ2n) is 2.69. The molecule has 0 aliphatic rings. The molecule has 0 saturated heterocycles. The van der Waals surface area contributed by atoms with Gasteiger partial charge in [0, 0.05) is 10.6 Å². The van der Waals surface area contributed by atoms with Crippen molar-refractivity contribution >= 4 is 16.8 Å². The molecule has 1 unspecified atom stereocenters. The summed E-state index contributed by atoms with van der Waals surface area (Å²) < 4.78 is 16.0. The Morgan fingerprint density at radius 2 is 2.00 bits per heavy atom. The summed E-state index contributed by atoms with van der Waals surface area (Å²) in [6.45, 7) is 0. The lowest BCUT2D eigenvalue weighted by Gasteiger charge is -2.00. The Labute approximate surface area is 85.5 Å². The smallest absolute Gasteiger partial charge is 0.306 e. The Morgan fingerprint density at radius 3 is 2.57 bits per heavy atom. The van der Waals surface area contributed by atoms with Crippen LogP contribution in [0.25, 0.3) is 0 Å². The fraction of sp³-hybridized carbons (Fsp3) is 0.300. The number of esters is 1. The average Bonchev–Trinajstić information content (AvgIpc) is 2.26. The monoisotopic (exact) mass is 212 g/mol. The molecule has 0 fully saturated rings. The van der Waals surface area contributed by atoms with Crippen LogP contribution >= 0.6 is 0 Å². The Morgan fingerprint density at radius 1 is 1.36 bits per heavy atom. The fourth-order valence-electron chi connectivity index (χ4n) is 0.968. The normalized spacial score (nSPS) is 12.1. The standard InChI is InChI=1S/C10H12O3S/c1-13-10(11)7-8-14(12)9-5-3-2-4-6-9/h2-6H,7-8H2,1H3. The van der Waals surface area contributed by atoms with Crippen molar-refractivity contribution in [1.82, 2.24) is 0 Å². The van der Waals surface area contributed by atoms with Gasteiger partial charge in [0.05, 0.1) is 24.3 Å². The quantitative estimate of drug-likeness (QED) is 0.708. The van der Waals surface area contributed by atoms with Crippen LogP contribution in [0.3, 0.4) is 0 Å². The first-order valence-corrected chi connectivity index (χ1v) is 5.56. The Kier molecular flexibility index (Phi) is 4.32. The van der Waals surface area contributed by atoms with Crippen LogP contribution in [0.15, 0.2) is 35.2 Å². The molecule has 0 heterocycles. The van der Waals surface area contributed by atoms with E-state index in [2.05, 4.69) is 4.74 Å². The number of hydrogen-bond acceptors (Lipinski definition) is 3. The Balaban J connectivity index is 2.48. The van der Waals surface area contributed by atoms with Gasteiger partial charge in [-0.05, 0) is 12.1 Å². The van der Waals surface area contributed by atoms with Crippen LogP contribution in [0.5, 0.6) is 0 Å². The summed E-state index contributed by atoms with van der Waals surface area (Å²) >= 11 is 0. The first-order chi connectivity index (χ1) is 6.74. The lowest BCUT2D eigenvalue weighted by Crippen LogP contribution is -2.07. The van der Waals surface area contributed by atoms with E-state index in [1.54, 1.807) is 12.1 Å². The van der Waals surface area contributed by atoms with E-state index in [-0.39, 0.29) is 12.4 Å². The molecule has 1 rings (SSSR count). The van der Waals surface area contributed by atoms with Gasteiger partial charge in [-0.1, -0.05) is 18.2 Å². The molecule has 0 spiro atoms. The fourth-order valence-corrected chi connectivity index (χ4v) is 2.02. The topological polar surface area (TPSA) is 43.4 Å². The predicted molar refractivity (Wildman–Crippen MR) is 54.4 cm³/mol. The summed E-state index contributed by atoms with van der Waals surface area (Å²) in [6.07, 6.45) is 0.192. The van der Waals surface area contributed by atoms with Crippen molar-refractivity contribution < 1.29 is 13.7 Å². The third-order valence-corrected chi connectivity index (χ3v) is 3.10. The van der Waals surface area contributed by atoms with E-state index in [4.69, 9.17) is 0 Å². The summed E-state index contributed by atoms with van der Waals surface area (Å²) in [5.74, 6) is -0.00858. The highest BCUT2D eigenvalue weighted by molar-refractivity contribution is 7.85. The minimum Gasteiger partial charge on any atom is -0.469 e. The van der Waals surface area contributed by atoms with Crippen LogP contribution in [-0.4, -0.2) is 23.0 Å². The van der Waals surface area contributed by atoms with Crippen LogP contribution in [0.2, 0.25) is 0 Å². The molecule has 0 saturated carbocycles. The molecule has 3 nitrogen and oxygen atoms in total. The molecular weight excluding hydrogens is 200 g/mol. The van der Waals surface area contributed by atoms with Gasteiger partial charge in [-0.25, -0.2) is 0 Å². The van der Waals surface area contributed by atoms with Crippen LogP contribution in [0.1, 0.15) is 6.42 Å². The SMILES string of the molecule is COC(=O)CCS(=O)c1ccccc1. The van der Waals surface area contributed by atoms with Crippen molar-refractivity contribution in [3.8, 4) is 0 Å². The van der Waals surface area contributed by atoms with Crippen molar-refractivity contribution in [2.45, 2.75) is 11.3 Å². The minimum absolute atomic E-state index is 0.192. The largest absolute Gasteiger partial charge is 0.469 e. The lowest BCUT2D eigenvalue weighted by atomic mass is 10.4. The van der Waals surface area contributed by atoms with Gasteiger partial charge in [-0.3, -0.25) is 9.00 Å². The summed E-state index contributed by atoms with van der Waals surface area (Å²) in [5, 5.41) is 0. The summed E-state index contributed by atoms with van der Waals surface area (Å²) in [5.41, 5.74) is 0. The maximum Gasteiger partial charge on any atom is 0.306 e. The molecule has 1 atom stereocenters. The molecule has 76 valence electrons. The lowest BCUT2D eigenvalue weighted by molar-refractivity contribution is -0.140. The molecule has 1 aromatic carbocycles. The maximum absolute atomic E-state index is 11.6. The number of rotatable bonds is 4. The minimum atomic E-state index is -1.11. The van der Waals surface area contributed by atoms with E-state index in [1.165, 1.54) is 7.11 Å². The molecule has 0 aliphatic heterocycles. The number of benzene rings is 1. The van der Waals surface area contributed by atoms with Crippen molar-refractivity contribution in [3.05, 3.63) is 30.3 Å². The number of carbonyl (C=O) groups excluding carboxylic acids is 1. The van der Waals surface area contributed by atoms with E-state index >= 15 is 0 Å². The third kappa shape index (κ3) is 3.30. The zero-order valence-electron chi connectivity index (χ0n) is 7.93. The molecular formula is C10H12O3S. The van der Waals surface area contributed by atoms with Crippen LogP contribution in [-0.2, 0) is 20.3 Å². The highest BCUT2D eigenvalue weighted by Crippen LogP contribution is 2.06. The maximum atomic E-state index is 11.6. The number of methoxy groups -OCH3 is 1. The van der Waals surface area contributed by atoms with Crippen molar-refractivity contribution in [2.75, 3.05) is 12.9 Å². The van der Waals surface area contributed by atoms with Gasteiger partial charge in [0.15, 0.2) is 0 Å².